The number of hydrogen-bond acceptors (Lipinski definition) is 6. The van der Waals surface area contributed by atoms with Crippen LogP contribution < -0.4 is 5.32 Å². The highest BCUT2D eigenvalue weighted by Crippen LogP contribution is 2.32. The van der Waals surface area contributed by atoms with Gasteiger partial charge in [-0.3, -0.25) is 14.9 Å². The Morgan fingerprint density at radius 1 is 1.32 bits per heavy atom. The Bertz CT molecular complexity index is 571. The van der Waals surface area contributed by atoms with Crippen LogP contribution in [0, 0.1) is 5.92 Å². The van der Waals surface area contributed by atoms with Crippen molar-refractivity contribution in [1.82, 2.24) is 15.1 Å². The lowest BCUT2D eigenvalue weighted by atomic mass is 9.84. The second-order valence-electron chi connectivity index (χ2n) is 6.04. The third-order valence-electron chi connectivity index (χ3n) is 4.09. The molecule has 2 fully saturated rings. The summed E-state index contributed by atoms with van der Waals surface area (Å²) >= 11 is 3.03. The number of anilines is 1. The van der Waals surface area contributed by atoms with Crippen LogP contribution in [0.15, 0.2) is 0 Å². The highest BCUT2D eigenvalue weighted by molar-refractivity contribution is 7.99. The number of nitrogens with one attached hydrogen (secondary N) is 1. The van der Waals surface area contributed by atoms with Crippen molar-refractivity contribution in [3.63, 3.8) is 0 Å². The van der Waals surface area contributed by atoms with E-state index in [-0.39, 0.29) is 23.8 Å². The van der Waals surface area contributed by atoms with Crippen molar-refractivity contribution in [3.8, 4) is 0 Å². The van der Waals surface area contributed by atoms with Crippen LogP contribution in [0.2, 0.25) is 0 Å². The van der Waals surface area contributed by atoms with Gasteiger partial charge in [0.05, 0.1) is 5.88 Å². The van der Waals surface area contributed by atoms with Crippen LogP contribution in [-0.2, 0) is 9.59 Å². The lowest BCUT2D eigenvalue weighted by molar-refractivity contribution is -0.141. The Kier molecular flexibility index (Phi) is 4.67. The molecule has 3 rings (SSSR count). The second kappa shape index (κ2) is 6.54. The molecule has 1 aromatic heterocycles. The molecule has 8 heteroatoms. The predicted octanol–water partition coefficient (Wildman–Crippen LogP) is 2.30. The highest BCUT2D eigenvalue weighted by atomic mass is 32.2. The van der Waals surface area contributed by atoms with E-state index in [1.54, 1.807) is 16.7 Å². The van der Waals surface area contributed by atoms with Gasteiger partial charge in [-0.15, -0.1) is 22.0 Å². The number of carbonyl (C=O) groups excluding carboxylic acids is 2. The number of rotatable bonds is 4. The molecule has 120 valence electrons. The van der Waals surface area contributed by atoms with E-state index in [0.29, 0.717) is 22.7 Å². The third kappa shape index (κ3) is 3.12. The molecule has 1 saturated heterocycles. The van der Waals surface area contributed by atoms with Crippen molar-refractivity contribution < 1.29 is 9.59 Å². The molecule has 0 bridgehead atoms. The molecule has 0 aromatic carbocycles. The van der Waals surface area contributed by atoms with Crippen LogP contribution >= 0.6 is 23.1 Å². The van der Waals surface area contributed by atoms with Gasteiger partial charge >= 0.3 is 0 Å². The maximum absolute atomic E-state index is 12.5. The normalized spacial score (nSPS) is 22.0. The van der Waals surface area contributed by atoms with Crippen molar-refractivity contribution in [2.24, 2.45) is 5.92 Å². The van der Waals surface area contributed by atoms with E-state index in [9.17, 15) is 9.59 Å². The van der Waals surface area contributed by atoms with Gasteiger partial charge in [-0.05, 0) is 12.8 Å². The minimum Gasteiger partial charge on any atom is -0.320 e. The maximum Gasteiger partial charge on any atom is 0.249 e. The van der Waals surface area contributed by atoms with Crippen molar-refractivity contribution in [2.75, 3.05) is 16.9 Å². The molecule has 0 spiro atoms. The number of hydrogen-bond donors (Lipinski definition) is 1. The van der Waals surface area contributed by atoms with Gasteiger partial charge in [-0.25, -0.2) is 0 Å². The fourth-order valence-electron chi connectivity index (χ4n) is 2.47. The zero-order valence-electron chi connectivity index (χ0n) is 12.7. The van der Waals surface area contributed by atoms with E-state index in [2.05, 4.69) is 15.5 Å². The zero-order valence-corrected chi connectivity index (χ0v) is 14.4. The van der Waals surface area contributed by atoms with E-state index >= 15 is 0 Å². The van der Waals surface area contributed by atoms with E-state index in [1.807, 2.05) is 13.8 Å². The molecule has 22 heavy (non-hydrogen) atoms. The zero-order chi connectivity index (χ0) is 15.7. The van der Waals surface area contributed by atoms with Gasteiger partial charge in [0, 0.05) is 17.6 Å². The summed E-state index contributed by atoms with van der Waals surface area (Å²) in [6.45, 7) is 4.08. The molecule has 1 aliphatic carbocycles. The molecule has 2 heterocycles. The van der Waals surface area contributed by atoms with Gasteiger partial charge in [0.25, 0.3) is 0 Å². The highest BCUT2D eigenvalue weighted by Gasteiger charge is 2.39. The monoisotopic (exact) mass is 340 g/mol. The third-order valence-corrected chi connectivity index (χ3v) is 6.24. The molecule has 0 radical (unpaired) electrons. The minimum absolute atomic E-state index is 0.128. The molecule has 1 N–H and O–H groups in total. The van der Waals surface area contributed by atoms with E-state index in [0.717, 1.165) is 24.3 Å². The first-order valence-electron chi connectivity index (χ1n) is 7.58. The molecule has 0 unspecified atom stereocenters. The van der Waals surface area contributed by atoms with Gasteiger partial charge in [-0.1, -0.05) is 31.6 Å². The fraction of sp³-hybridized carbons (Fsp3) is 0.714. The van der Waals surface area contributed by atoms with Gasteiger partial charge in [0.2, 0.25) is 16.9 Å². The average Bonchev–Trinajstić information content (AvgIpc) is 3.04. The first-order chi connectivity index (χ1) is 10.6. The topological polar surface area (TPSA) is 75.2 Å². The molecule has 2 amide bonds. The smallest absolute Gasteiger partial charge is 0.249 e. The fourth-order valence-corrected chi connectivity index (χ4v) is 4.39. The van der Waals surface area contributed by atoms with Crippen LogP contribution in [0.25, 0.3) is 0 Å². The van der Waals surface area contributed by atoms with E-state index in [1.165, 1.54) is 11.3 Å². The summed E-state index contributed by atoms with van der Waals surface area (Å²) in [4.78, 5) is 26.6. The lowest BCUT2D eigenvalue weighted by Crippen LogP contribution is -2.47. The predicted molar refractivity (Wildman–Crippen MR) is 87.9 cm³/mol. The van der Waals surface area contributed by atoms with Crippen LogP contribution in [0.3, 0.4) is 0 Å². The van der Waals surface area contributed by atoms with Crippen LogP contribution in [-0.4, -0.2) is 44.6 Å². The Labute approximate surface area is 138 Å². The van der Waals surface area contributed by atoms with Crippen molar-refractivity contribution in [1.29, 1.82) is 0 Å². The van der Waals surface area contributed by atoms with Crippen LogP contribution in [0.5, 0.6) is 0 Å². The largest absolute Gasteiger partial charge is 0.320 e. The minimum atomic E-state index is -0.385. The molecular formula is C14H20N4O2S2. The van der Waals surface area contributed by atoms with Crippen molar-refractivity contribution >= 4 is 40.0 Å². The molecule has 1 atom stereocenters. The molecule has 2 aliphatic rings. The molecule has 1 aliphatic heterocycles. The average molecular weight is 340 g/mol. The summed E-state index contributed by atoms with van der Waals surface area (Å²) in [6.07, 6.45) is 3.04. The molecule has 1 saturated carbocycles. The first-order valence-corrected chi connectivity index (χ1v) is 9.56. The Balaban J connectivity index is 1.63. The van der Waals surface area contributed by atoms with E-state index in [4.69, 9.17) is 0 Å². The summed E-state index contributed by atoms with van der Waals surface area (Å²) in [7, 11) is 0. The Morgan fingerprint density at radius 3 is 2.68 bits per heavy atom. The number of amides is 2. The summed E-state index contributed by atoms with van der Waals surface area (Å²) in [5, 5.41) is 12.3. The van der Waals surface area contributed by atoms with Crippen LogP contribution in [0.4, 0.5) is 5.13 Å². The maximum atomic E-state index is 12.5. The molecule has 1 aromatic rings. The van der Waals surface area contributed by atoms with Gasteiger partial charge < -0.3 is 4.90 Å². The van der Waals surface area contributed by atoms with Gasteiger partial charge in [0.15, 0.2) is 0 Å². The Hall–Kier alpha value is -1.15. The molecule has 6 nitrogen and oxygen atoms in total. The quantitative estimate of drug-likeness (QED) is 0.910. The first kappa shape index (κ1) is 15.7. The summed E-state index contributed by atoms with van der Waals surface area (Å²) < 4.78 is 0. The van der Waals surface area contributed by atoms with Crippen LogP contribution in [0.1, 0.15) is 44.0 Å². The standard InChI is InChI=1S/C14H20N4O2S2/c1-8(2)12-16-17-14(22-12)15-11(19)10-6-21-7-18(10)13(20)9-4-3-5-9/h8-10H,3-7H2,1-2H3,(H,15,17,19)/t10-/m1/s1. The summed E-state index contributed by atoms with van der Waals surface area (Å²) in [5.41, 5.74) is 0. The summed E-state index contributed by atoms with van der Waals surface area (Å²) in [6, 6.07) is -0.385. The number of aromatic nitrogens is 2. The Morgan fingerprint density at radius 2 is 2.09 bits per heavy atom. The van der Waals surface area contributed by atoms with Crippen molar-refractivity contribution in [2.45, 2.75) is 45.1 Å². The van der Waals surface area contributed by atoms with Gasteiger partial charge in [0.1, 0.15) is 11.0 Å². The van der Waals surface area contributed by atoms with Crippen molar-refractivity contribution in [3.05, 3.63) is 5.01 Å². The van der Waals surface area contributed by atoms with Gasteiger partial charge in [-0.2, -0.15) is 0 Å². The number of carbonyl (C=O) groups is 2. The summed E-state index contributed by atoms with van der Waals surface area (Å²) in [5.74, 6) is 1.67. The van der Waals surface area contributed by atoms with E-state index < -0.39 is 0 Å². The number of thioether (sulfide) groups is 1. The lowest BCUT2D eigenvalue weighted by Gasteiger charge is -2.31. The molecular weight excluding hydrogens is 320 g/mol. The number of nitrogens with zero attached hydrogens (tertiary/aromatic N) is 3. The second-order valence-corrected chi connectivity index (χ2v) is 8.05. The SMILES string of the molecule is CC(C)c1nnc(NC(=O)[C@H]2CSCN2C(=O)C2CCC2)s1.